The van der Waals surface area contributed by atoms with Crippen LogP contribution in [0.4, 0.5) is 0 Å². The van der Waals surface area contributed by atoms with E-state index in [9.17, 15) is 35.4 Å². The van der Waals surface area contributed by atoms with Crippen LogP contribution in [0.3, 0.4) is 0 Å². The Bertz CT molecular complexity index is 1390. The monoisotopic (exact) mass is 576 g/mol. The molecule has 6 N–H and O–H groups in total. The Morgan fingerprint density at radius 1 is 0.756 bits per heavy atom. The van der Waals surface area contributed by atoms with Crippen LogP contribution in [0.15, 0.2) is 57.7 Å². The smallest absolute Gasteiger partial charge is 0.229 e. The van der Waals surface area contributed by atoms with Crippen LogP contribution < -0.4 is 14.9 Å². The maximum Gasteiger partial charge on any atom is 0.229 e. The van der Waals surface area contributed by atoms with Crippen molar-refractivity contribution in [3.8, 4) is 22.8 Å². The molecule has 3 aromatic rings. The predicted molar refractivity (Wildman–Crippen MR) is 140 cm³/mol. The minimum atomic E-state index is -1.69. The van der Waals surface area contributed by atoms with E-state index in [1.807, 2.05) is 0 Å². The van der Waals surface area contributed by atoms with Gasteiger partial charge in [0, 0.05) is 17.7 Å². The summed E-state index contributed by atoms with van der Waals surface area (Å²) in [5.41, 5.74) is 0.558. The van der Waals surface area contributed by atoms with Crippen molar-refractivity contribution >= 4 is 11.0 Å². The quantitative estimate of drug-likeness (QED) is 0.211. The van der Waals surface area contributed by atoms with Crippen molar-refractivity contribution in [2.75, 3.05) is 13.7 Å². The van der Waals surface area contributed by atoms with Crippen LogP contribution >= 0.6 is 0 Å². The Morgan fingerprint density at radius 3 is 2.12 bits per heavy atom. The number of ether oxygens (including phenoxy) is 5. The second-order valence-electron chi connectivity index (χ2n) is 10.0. The third-order valence-corrected chi connectivity index (χ3v) is 7.23. The first-order chi connectivity index (χ1) is 19.6. The Hall–Kier alpha value is -3.11. The van der Waals surface area contributed by atoms with E-state index in [0.717, 1.165) is 0 Å². The van der Waals surface area contributed by atoms with E-state index >= 15 is 0 Å². The molecule has 0 spiro atoms. The van der Waals surface area contributed by atoms with Gasteiger partial charge < -0.3 is 58.7 Å². The summed E-state index contributed by atoms with van der Waals surface area (Å²) in [5, 5.41) is 61.7. The Kier molecular flexibility index (Phi) is 8.61. The summed E-state index contributed by atoms with van der Waals surface area (Å²) >= 11 is 0. The first kappa shape index (κ1) is 29.4. The summed E-state index contributed by atoms with van der Waals surface area (Å²) in [7, 11) is 1.54. The molecular formula is C28H32O13. The first-order valence-corrected chi connectivity index (χ1v) is 13.0. The first-order valence-electron chi connectivity index (χ1n) is 13.0. The van der Waals surface area contributed by atoms with Crippen LogP contribution in [0.2, 0.25) is 0 Å². The van der Waals surface area contributed by atoms with Crippen LogP contribution in [-0.4, -0.2) is 106 Å². The van der Waals surface area contributed by atoms with Crippen LogP contribution in [0.1, 0.15) is 6.92 Å². The SMILES string of the molecule is COc1ccc(-c2cc(=O)c3ccc(O[C@@H]4O[C@H](COC5O[C@@H](C)[C@H](O)[C@@H](O)[C@H]5O)[C@@H](O)[C@H](O)[C@H]4O)cc3o2)cc1. The molecule has 2 fully saturated rings. The topological polar surface area (TPSA) is 198 Å². The van der Waals surface area contributed by atoms with Crippen molar-refractivity contribution in [3.05, 3.63) is 58.8 Å². The molecule has 0 aliphatic carbocycles. The molecule has 1 unspecified atom stereocenters. The molecule has 0 amide bonds. The highest BCUT2D eigenvalue weighted by Crippen LogP contribution is 2.30. The van der Waals surface area contributed by atoms with E-state index in [-0.39, 0.29) is 22.1 Å². The zero-order valence-electron chi connectivity index (χ0n) is 22.1. The van der Waals surface area contributed by atoms with Crippen molar-refractivity contribution < 1.29 is 58.7 Å². The fourth-order valence-corrected chi connectivity index (χ4v) is 4.73. The van der Waals surface area contributed by atoms with Crippen LogP contribution in [0.25, 0.3) is 22.3 Å². The minimum absolute atomic E-state index is 0.136. The second kappa shape index (κ2) is 12.0. The molecule has 222 valence electrons. The number of hydrogen-bond donors (Lipinski definition) is 6. The summed E-state index contributed by atoms with van der Waals surface area (Å²) in [6.45, 7) is 1.05. The van der Waals surface area contributed by atoms with Crippen LogP contribution in [0.5, 0.6) is 11.5 Å². The number of aliphatic hydroxyl groups is 6. The summed E-state index contributed by atoms with van der Waals surface area (Å²) in [6, 6.07) is 12.7. The molecule has 13 nitrogen and oxygen atoms in total. The van der Waals surface area contributed by atoms with Crippen LogP contribution in [-0.2, 0) is 14.2 Å². The van der Waals surface area contributed by atoms with E-state index in [0.29, 0.717) is 17.1 Å². The van der Waals surface area contributed by atoms with E-state index in [1.54, 1.807) is 31.4 Å². The number of hydrogen-bond acceptors (Lipinski definition) is 13. The molecule has 1 aromatic heterocycles. The van der Waals surface area contributed by atoms with Gasteiger partial charge in [-0.3, -0.25) is 4.79 Å². The van der Waals surface area contributed by atoms with Crippen molar-refractivity contribution in [1.82, 2.24) is 0 Å². The maximum absolute atomic E-state index is 12.7. The minimum Gasteiger partial charge on any atom is -0.497 e. The van der Waals surface area contributed by atoms with Crippen molar-refractivity contribution in [3.63, 3.8) is 0 Å². The third kappa shape index (κ3) is 5.95. The summed E-state index contributed by atoms with van der Waals surface area (Å²) < 4.78 is 33.4. The Labute approximate surface area is 233 Å². The molecule has 2 aliphatic heterocycles. The van der Waals surface area contributed by atoms with E-state index in [1.165, 1.54) is 31.2 Å². The van der Waals surface area contributed by atoms with Gasteiger partial charge in [-0.05, 0) is 43.3 Å². The summed E-state index contributed by atoms with van der Waals surface area (Å²) in [6.07, 6.45) is -14.3. The molecule has 0 bridgehead atoms. The molecule has 3 heterocycles. The molecule has 2 aliphatic rings. The van der Waals surface area contributed by atoms with E-state index < -0.39 is 68.0 Å². The molecule has 13 heteroatoms. The Balaban J connectivity index is 1.32. The fourth-order valence-electron chi connectivity index (χ4n) is 4.73. The fraction of sp³-hybridized carbons (Fsp3) is 0.464. The number of benzene rings is 2. The van der Waals surface area contributed by atoms with Crippen LogP contribution in [0, 0.1) is 0 Å². The zero-order chi connectivity index (χ0) is 29.4. The van der Waals surface area contributed by atoms with Gasteiger partial charge in [0.25, 0.3) is 0 Å². The maximum atomic E-state index is 12.7. The lowest BCUT2D eigenvalue weighted by Gasteiger charge is -2.42. The highest BCUT2D eigenvalue weighted by molar-refractivity contribution is 5.80. The van der Waals surface area contributed by atoms with Gasteiger partial charge in [0.05, 0.1) is 25.2 Å². The lowest BCUT2D eigenvalue weighted by atomic mass is 9.98. The highest BCUT2D eigenvalue weighted by atomic mass is 16.7. The van der Waals surface area contributed by atoms with Crippen molar-refractivity contribution in [2.45, 2.75) is 68.3 Å². The number of rotatable bonds is 7. The normalized spacial score (nSPS) is 34.0. The molecular weight excluding hydrogens is 544 g/mol. The van der Waals surface area contributed by atoms with Gasteiger partial charge in [0.1, 0.15) is 65.6 Å². The van der Waals surface area contributed by atoms with E-state index in [2.05, 4.69) is 0 Å². The largest absolute Gasteiger partial charge is 0.497 e. The summed E-state index contributed by atoms with van der Waals surface area (Å²) in [4.78, 5) is 12.7. The lowest BCUT2D eigenvalue weighted by molar-refractivity contribution is -0.318. The third-order valence-electron chi connectivity index (χ3n) is 7.23. The number of methoxy groups -OCH3 is 1. The van der Waals surface area contributed by atoms with Crippen molar-refractivity contribution in [1.29, 1.82) is 0 Å². The van der Waals surface area contributed by atoms with Gasteiger partial charge in [0.2, 0.25) is 6.29 Å². The second-order valence-corrected chi connectivity index (χ2v) is 10.0. The van der Waals surface area contributed by atoms with Gasteiger partial charge in [0.15, 0.2) is 11.7 Å². The van der Waals surface area contributed by atoms with Gasteiger partial charge >= 0.3 is 0 Å². The van der Waals surface area contributed by atoms with Gasteiger partial charge in [-0.1, -0.05) is 0 Å². The summed E-state index contributed by atoms with van der Waals surface area (Å²) in [5.74, 6) is 1.09. The van der Waals surface area contributed by atoms with Gasteiger partial charge in [-0.2, -0.15) is 0 Å². The average Bonchev–Trinajstić information content (AvgIpc) is 2.97. The Morgan fingerprint density at radius 2 is 1.41 bits per heavy atom. The molecule has 10 atom stereocenters. The molecule has 5 rings (SSSR count). The van der Waals surface area contributed by atoms with Gasteiger partial charge in [-0.25, -0.2) is 0 Å². The van der Waals surface area contributed by atoms with Gasteiger partial charge in [-0.15, -0.1) is 0 Å². The lowest BCUT2D eigenvalue weighted by Crippen LogP contribution is -2.61. The predicted octanol–water partition coefficient (Wildman–Crippen LogP) is -0.501. The number of fused-ring (bicyclic) bond motifs is 1. The molecule has 0 saturated carbocycles. The molecule has 0 radical (unpaired) electrons. The molecule has 2 saturated heterocycles. The van der Waals surface area contributed by atoms with E-state index in [4.69, 9.17) is 28.1 Å². The number of aliphatic hydroxyl groups excluding tert-OH is 6. The van der Waals surface area contributed by atoms with Crippen molar-refractivity contribution in [2.24, 2.45) is 0 Å². The average molecular weight is 577 g/mol. The standard InChI is InChI=1S/C28H32O13/c1-12-21(30)23(32)25(34)27(38-12)37-11-20-22(31)24(33)26(35)28(41-20)39-15-7-8-16-17(29)10-18(40-19(16)9-15)13-3-5-14(36-2)6-4-13/h3-10,12,20-28,30-35H,11H2,1-2H3/t12-,20+,21-,22+,23+,24-,25+,26+,27?,28+/m0/s1. The highest BCUT2D eigenvalue weighted by Gasteiger charge is 2.47. The zero-order valence-corrected chi connectivity index (χ0v) is 22.1. The molecule has 2 aromatic carbocycles. The molecule has 41 heavy (non-hydrogen) atoms.